The van der Waals surface area contributed by atoms with Gasteiger partial charge < -0.3 is 20.2 Å². The molecule has 0 aliphatic carbocycles. The Balaban J connectivity index is 2.39. The molecular formula is C15H29N3O3. The number of amides is 2. The SMILES string of the molecule is CC(C)N(C)CCCNC(=O)N1CCCCCC1C(=O)O. The van der Waals surface area contributed by atoms with E-state index in [2.05, 4.69) is 31.1 Å². The van der Waals surface area contributed by atoms with E-state index >= 15 is 0 Å². The van der Waals surface area contributed by atoms with Crippen molar-refractivity contribution in [3.05, 3.63) is 0 Å². The number of nitrogens with one attached hydrogen (secondary N) is 1. The third-order valence-electron chi connectivity index (χ3n) is 4.14. The number of carboxylic acid groups (broad SMARTS) is 1. The molecule has 1 saturated heterocycles. The topological polar surface area (TPSA) is 72.9 Å². The minimum Gasteiger partial charge on any atom is -0.480 e. The summed E-state index contributed by atoms with van der Waals surface area (Å²) in [5.74, 6) is -0.897. The van der Waals surface area contributed by atoms with Crippen molar-refractivity contribution >= 4 is 12.0 Å². The maximum absolute atomic E-state index is 12.2. The zero-order valence-corrected chi connectivity index (χ0v) is 13.5. The molecule has 1 heterocycles. The first-order valence-electron chi connectivity index (χ1n) is 7.91. The van der Waals surface area contributed by atoms with Crippen molar-refractivity contribution in [1.82, 2.24) is 15.1 Å². The lowest BCUT2D eigenvalue weighted by Gasteiger charge is -2.27. The fourth-order valence-electron chi connectivity index (χ4n) is 2.49. The second-order valence-electron chi connectivity index (χ2n) is 6.06. The smallest absolute Gasteiger partial charge is 0.326 e. The molecule has 1 rings (SSSR count). The molecule has 2 N–H and O–H groups in total. The van der Waals surface area contributed by atoms with Crippen molar-refractivity contribution in [3.63, 3.8) is 0 Å². The molecule has 1 fully saturated rings. The summed E-state index contributed by atoms with van der Waals surface area (Å²) < 4.78 is 0. The summed E-state index contributed by atoms with van der Waals surface area (Å²) in [4.78, 5) is 27.2. The summed E-state index contributed by atoms with van der Waals surface area (Å²) in [5.41, 5.74) is 0. The molecule has 0 bridgehead atoms. The van der Waals surface area contributed by atoms with Gasteiger partial charge in [0.15, 0.2) is 0 Å². The van der Waals surface area contributed by atoms with Gasteiger partial charge in [0.05, 0.1) is 0 Å². The van der Waals surface area contributed by atoms with Crippen molar-refractivity contribution in [2.24, 2.45) is 0 Å². The number of rotatable bonds is 6. The van der Waals surface area contributed by atoms with Gasteiger partial charge in [0.2, 0.25) is 0 Å². The fraction of sp³-hybridized carbons (Fsp3) is 0.867. The van der Waals surface area contributed by atoms with Gasteiger partial charge in [-0.05, 0) is 46.7 Å². The molecule has 0 aromatic rings. The summed E-state index contributed by atoms with van der Waals surface area (Å²) in [6.45, 7) is 6.30. The van der Waals surface area contributed by atoms with Gasteiger partial charge in [-0.3, -0.25) is 0 Å². The number of aliphatic carboxylic acids is 1. The Morgan fingerprint density at radius 3 is 2.67 bits per heavy atom. The van der Waals surface area contributed by atoms with Crippen LogP contribution in [-0.4, -0.2) is 65.7 Å². The summed E-state index contributed by atoms with van der Waals surface area (Å²) in [6, 6.07) is -0.426. The van der Waals surface area contributed by atoms with Gasteiger partial charge in [-0.2, -0.15) is 0 Å². The first-order chi connectivity index (χ1) is 9.93. The van der Waals surface area contributed by atoms with E-state index < -0.39 is 12.0 Å². The Labute approximate surface area is 127 Å². The van der Waals surface area contributed by atoms with Crippen LogP contribution < -0.4 is 5.32 Å². The average Bonchev–Trinajstić information content (AvgIpc) is 2.68. The molecule has 0 spiro atoms. The largest absolute Gasteiger partial charge is 0.480 e. The van der Waals surface area contributed by atoms with E-state index in [1.165, 1.54) is 4.90 Å². The highest BCUT2D eigenvalue weighted by atomic mass is 16.4. The number of carbonyl (C=O) groups excluding carboxylic acids is 1. The number of likely N-dealkylation sites (tertiary alicyclic amines) is 1. The van der Waals surface area contributed by atoms with E-state index in [4.69, 9.17) is 0 Å². The third kappa shape index (κ3) is 5.91. The lowest BCUT2D eigenvalue weighted by atomic mass is 10.1. The van der Waals surface area contributed by atoms with Crippen LogP contribution in [0.2, 0.25) is 0 Å². The van der Waals surface area contributed by atoms with E-state index in [-0.39, 0.29) is 6.03 Å². The monoisotopic (exact) mass is 299 g/mol. The Morgan fingerprint density at radius 2 is 2.05 bits per heavy atom. The van der Waals surface area contributed by atoms with E-state index in [0.717, 1.165) is 32.2 Å². The van der Waals surface area contributed by atoms with Crippen LogP contribution >= 0.6 is 0 Å². The first-order valence-corrected chi connectivity index (χ1v) is 7.91. The molecule has 6 nitrogen and oxygen atoms in total. The molecule has 0 aromatic heterocycles. The highest BCUT2D eigenvalue weighted by Gasteiger charge is 2.30. The Kier molecular flexibility index (Phi) is 7.50. The minimum atomic E-state index is -0.897. The molecule has 0 radical (unpaired) electrons. The number of carbonyl (C=O) groups is 2. The van der Waals surface area contributed by atoms with Gasteiger partial charge in [-0.25, -0.2) is 9.59 Å². The molecule has 1 aliphatic heterocycles. The van der Waals surface area contributed by atoms with Gasteiger partial charge in [0.25, 0.3) is 0 Å². The van der Waals surface area contributed by atoms with Gasteiger partial charge >= 0.3 is 12.0 Å². The van der Waals surface area contributed by atoms with E-state index in [9.17, 15) is 14.7 Å². The first kappa shape index (κ1) is 17.8. The highest BCUT2D eigenvalue weighted by molar-refractivity contribution is 5.82. The second kappa shape index (κ2) is 8.87. The van der Waals surface area contributed by atoms with E-state index in [1.54, 1.807) is 0 Å². The lowest BCUT2D eigenvalue weighted by molar-refractivity contribution is -0.142. The molecule has 0 aromatic carbocycles. The maximum Gasteiger partial charge on any atom is 0.326 e. The van der Waals surface area contributed by atoms with Crippen LogP contribution in [0.25, 0.3) is 0 Å². The molecule has 6 heteroatoms. The molecular weight excluding hydrogens is 270 g/mol. The van der Waals surface area contributed by atoms with Crippen molar-refractivity contribution < 1.29 is 14.7 Å². The zero-order valence-electron chi connectivity index (χ0n) is 13.5. The molecule has 0 saturated carbocycles. The molecule has 1 unspecified atom stereocenters. The highest BCUT2D eigenvalue weighted by Crippen LogP contribution is 2.17. The van der Waals surface area contributed by atoms with Gasteiger partial charge in [-0.1, -0.05) is 12.8 Å². The van der Waals surface area contributed by atoms with Crippen LogP contribution in [0.15, 0.2) is 0 Å². The Bertz CT molecular complexity index is 347. The summed E-state index contributed by atoms with van der Waals surface area (Å²) >= 11 is 0. The lowest BCUT2D eigenvalue weighted by Crippen LogP contribution is -2.49. The number of carboxylic acids is 1. The Morgan fingerprint density at radius 1 is 1.33 bits per heavy atom. The van der Waals surface area contributed by atoms with Crippen molar-refractivity contribution in [2.75, 3.05) is 26.7 Å². The Hall–Kier alpha value is -1.30. The molecule has 21 heavy (non-hydrogen) atoms. The normalized spacial score (nSPS) is 19.7. The van der Waals surface area contributed by atoms with Crippen LogP contribution in [0.3, 0.4) is 0 Å². The standard InChI is InChI=1S/C15H29N3O3/c1-12(2)17(3)10-7-9-16-15(21)18-11-6-4-5-8-13(18)14(19)20/h12-13H,4-11H2,1-3H3,(H,16,21)(H,19,20). The maximum atomic E-state index is 12.2. The van der Waals surface area contributed by atoms with Gasteiger partial charge in [0.1, 0.15) is 6.04 Å². The van der Waals surface area contributed by atoms with Crippen LogP contribution in [0.5, 0.6) is 0 Å². The van der Waals surface area contributed by atoms with Crippen LogP contribution in [0.4, 0.5) is 4.79 Å². The van der Waals surface area contributed by atoms with Gasteiger partial charge in [-0.15, -0.1) is 0 Å². The summed E-state index contributed by atoms with van der Waals surface area (Å²) in [7, 11) is 2.06. The third-order valence-corrected chi connectivity index (χ3v) is 4.14. The van der Waals surface area contributed by atoms with Crippen molar-refractivity contribution in [2.45, 2.75) is 58.0 Å². The number of urea groups is 1. The molecule has 122 valence electrons. The summed E-state index contributed by atoms with van der Waals surface area (Å²) in [5, 5.41) is 12.1. The van der Waals surface area contributed by atoms with Crippen LogP contribution in [0.1, 0.15) is 46.0 Å². The van der Waals surface area contributed by atoms with Crippen molar-refractivity contribution in [1.29, 1.82) is 0 Å². The van der Waals surface area contributed by atoms with Crippen LogP contribution in [0, 0.1) is 0 Å². The predicted octanol–water partition coefficient (Wildman–Crippen LogP) is 1.76. The number of nitrogens with zero attached hydrogens (tertiary/aromatic N) is 2. The minimum absolute atomic E-state index is 0.239. The summed E-state index contributed by atoms with van der Waals surface area (Å²) in [6.07, 6.45) is 4.17. The molecule has 1 aliphatic rings. The van der Waals surface area contributed by atoms with E-state index in [1.807, 2.05) is 0 Å². The van der Waals surface area contributed by atoms with Crippen molar-refractivity contribution in [3.8, 4) is 0 Å². The quantitative estimate of drug-likeness (QED) is 0.733. The predicted molar refractivity (Wildman–Crippen MR) is 82.4 cm³/mol. The fourth-order valence-corrected chi connectivity index (χ4v) is 2.49. The van der Waals surface area contributed by atoms with E-state index in [0.29, 0.717) is 25.6 Å². The second-order valence-corrected chi connectivity index (χ2v) is 6.06. The molecule has 1 atom stereocenters. The average molecular weight is 299 g/mol. The number of hydrogen-bond donors (Lipinski definition) is 2. The molecule has 2 amide bonds. The number of hydrogen-bond acceptors (Lipinski definition) is 3. The zero-order chi connectivity index (χ0) is 15.8. The van der Waals surface area contributed by atoms with Gasteiger partial charge in [0, 0.05) is 19.1 Å². The van der Waals surface area contributed by atoms with Crippen LogP contribution in [-0.2, 0) is 4.79 Å².